The van der Waals surface area contributed by atoms with E-state index in [9.17, 15) is 9.50 Å². The first kappa shape index (κ1) is 7.18. The SMILES string of the molecule is [O]C(O)c1cccc(F)c1. The molecule has 0 aromatic heterocycles. The highest BCUT2D eigenvalue weighted by Crippen LogP contribution is 2.10. The molecular formula is C7H6FO2. The van der Waals surface area contributed by atoms with E-state index in [0.29, 0.717) is 0 Å². The Morgan fingerprint density at radius 3 is 2.60 bits per heavy atom. The van der Waals surface area contributed by atoms with Crippen LogP contribution in [0.15, 0.2) is 24.3 Å². The third kappa shape index (κ3) is 1.52. The zero-order chi connectivity index (χ0) is 7.56. The molecule has 1 rings (SSSR count). The lowest BCUT2D eigenvalue weighted by Crippen LogP contribution is -1.92. The Labute approximate surface area is 57.6 Å². The molecule has 1 radical (unpaired) electrons. The number of halogens is 1. The maximum Gasteiger partial charge on any atom is 0.215 e. The highest BCUT2D eigenvalue weighted by Gasteiger charge is 2.03. The predicted molar refractivity (Wildman–Crippen MR) is 32.0 cm³/mol. The highest BCUT2D eigenvalue weighted by atomic mass is 19.1. The van der Waals surface area contributed by atoms with E-state index in [1.807, 2.05) is 0 Å². The number of hydrogen-bond acceptors (Lipinski definition) is 1. The van der Waals surface area contributed by atoms with Crippen molar-refractivity contribution in [1.82, 2.24) is 0 Å². The van der Waals surface area contributed by atoms with Gasteiger partial charge in [-0.3, -0.25) is 0 Å². The van der Waals surface area contributed by atoms with E-state index < -0.39 is 12.1 Å². The largest absolute Gasteiger partial charge is 0.362 e. The Bertz CT molecular complexity index is 223. The second-order valence-corrected chi connectivity index (χ2v) is 1.91. The molecule has 10 heavy (non-hydrogen) atoms. The number of benzene rings is 1. The Morgan fingerprint density at radius 2 is 2.20 bits per heavy atom. The van der Waals surface area contributed by atoms with E-state index in [4.69, 9.17) is 5.11 Å². The zero-order valence-electron chi connectivity index (χ0n) is 5.12. The van der Waals surface area contributed by atoms with Gasteiger partial charge in [-0.2, -0.15) is 5.11 Å². The van der Waals surface area contributed by atoms with Gasteiger partial charge in [0.2, 0.25) is 6.29 Å². The van der Waals surface area contributed by atoms with Crippen LogP contribution in [0.25, 0.3) is 0 Å². The smallest absolute Gasteiger partial charge is 0.215 e. The van der Waals surface area contributed by atoms with Gasteiger partial charge in [0.15, 0.2) is 0 Å². The van der Waals surface area contributed by atoms with Gasteiger partial charge in [0, 0.05) is 5.56 Å². The van der Waals surface area contributed by atoms with Crippen molar-refractivity contribution in [2.24, 2.45) is 0 Å². The summed E-state index contributed by atoms with van der Waals surface area (Å²) in [6.07, 6.45) is -1.84. The molecule has 0 amide bonds. The molecule has 3 heteroatoms. The molecule has 0 fully saturated rings. The van der Waals surface area contributed by atoms with Crippen molar-refractivity contribution in [1.29, 1.82) is 0 Å². The topological polar surface area (TPSA) is 40.1 Å². The van der Waals surface area contributed by atoms with Gasteiger partial charge in [0.25, 0.3) is 0 Å². The molecule has 0 aliphatic heterocycles. The van der Waals surface area contributed by atoms with Crippen LogP contribution < -0.4 is 0 Å². The van der Waals surface area contributed by atoms with Crippen molar-refractivity contribution in [3.63, 3.8) is 0 Å². The molecule has 53 valence electrons. The Morgan fingerprint density at radius 1 is 1.50 bits per heavy atom. The molecule has 0 saturated heterocycles. The third-order valence-corrected chi connectivity index (χ3v) is 1.13. The van der Waals surface area contributed by atoms with Crippen LogP contribution in [0.2, 0.25) is 0 Å². The molecule has 0 aliphatic carbocycles. The second kappa shape index (κ2) is 2.77. The van der Waals surface area contributed by atoms with Crippen LogP contribution in [0.1, 0.15) is 11.9 Å². The number of hydrogen-bond donors (Lipinski definition) is 1. The fourth-order valence-corrected chi connectivity index (χ4v) is 0.660. The molecule has 0 bridgehead atoms. The Hall–Kier alpha value is -0.930. The van der Waals surface area contributed by atoms with Crippen molar-refractivity contribution >= 4 is 0 Å². The first-order chi connectivity index (χ1) is 4.70. The molecule has 2 nitrogen and oxygen atoms in total. The fourth-order valence-electron chi connectivity index (χ4n) is 0.660. The quantitative estimate of drug-likeness (QED) is 0.587. The van der Waals surface area contributed by atoms with Crippen LogP contribution >= 0.6 is 0 Å². The van der Waals surface area contributed by atoms with Crippen LogP contribution in [-0.2, 0) is 5.11 Å². The van der Waals surface area contributed by atoms with Crippen molar-refractivity contribution in [3.8, 4) is 0 Å². The maximum atomic E-state index is 12.3. The molecule has 1 aromatic rings. The fraction of sp³-hybridized carbons (Fsp3) is 0.143. The van der Waals surface area contributed by atoms with Crippen molar-refractivity contribution < 1.29 is 14.6 Å². The molecule has 1 unspecified atom stereocenters. The summed E-state index contributed by atoms with van der Waals surface area (Å²) in [7, 11) is 0. The summed E-state index contributed by atoms with van der Waals surface area (Å²) in [5.41, 5.74) is 0.0556. The number of aliphatic hydroxyl groups is 1. The monoisotopic (exact) mass is 141 g/mol. The van der Waals surface area contributed by atoms with E-state index in [1.165, 1.54) is 18.2 Å². The Kier molecular flexibility index (Phi) is 1.99. The Balaban J connectivity index is 2.96. The minimum absolute atomic E-state index is 0.0556. The maximum absolute atomic E-state index is 12.3. The van der Waals surface area contributed by atoms with Crippen LogP contribution in [0.3, 0.4) is 0 Å². The molecule has 0 aliphatic rings. The van der Waals surface area contributed by atoms with E-state index in [0.717, 1.165) is 6.07 Å². The molecule has 1 aromatic carbocycles. The van der Waals surface area contributed by atoms with Gasteiger partial charge in [0.05, 0.1) is 0 Å². The van der Waals surface area contributed by atoms with Crippen molar-refractivity contribution in [2.75, 3.05) is 0 Å². The second-order valence-electron chi connectivity index (χ2n) is 1.91. The lowest BCUT2D eigenvalue weighted by molar-refractivity contribution is -0.0953. The summed E-state index contributed by atoms with van der Waals surface area (Å²) in [5.74, 6) is -0.507. The van der Waals surface area contributed by atoms with E-state index in [2.05, 4.69) is 0 Å². The van der Waals surface area contributed by atoms with Gasteiger partial charge >= 0.3 is 0 Å². The standard InChI is InChI=1S/C7H6FO2/c8-6-3-1-2-5(4-6)7(9)10/h1-4,7,9H. The molecule has 0 saturated carbocycles. The third-order valence-electron chi connectivity index (χ3n) is 1.13. The van der Waals surface area contributed by atoms with Gasteiger partial charge in [0.1, 0.15) is 5.82 Å². The van der Waals surface area contributed by atoms with Crippen LogP contribution in [0.4, 0.5) is 4.39 Å². The van der Waals surface area contributed by atoms with Gasteiger partial charge < -0.3 is 5.11 Å². The van der Waals surface area contributed by atoms with E-state index >= 15 is 0 Å². The summed E-state index contributed by atoms with van der Waals surface area (Å²) in [6, 6.07) is 4.98. The van der Waals surface area contributed by atoms with Crippen molar-refractivity contribution in [2.45, 2.75) is 6.29 Å². The lowest BCUT2D eigenvalue weighted by Gasteiger charge is -1.98. The average Bonchev–Trinajstić information content (AvgIpc) is 1.88. The number of aliphatic hydroxyl groups excluding tert-OH is 1. The van der Waals surface area contributed by atoms with Crippen LogP contribution in [-0.4, -0.2) is 5.11 Å². The zero-order valence-corrected chi connectivity index (χ0v) is 5.12. The highest BCUT2D eigenvalue weighted by molar-refractivity contribution is 5.16. The molecule has 1 atom stereocenters. The summed E-state index contributed by atoms with van der Waals surface area (Å²) in [6.45, 7) is 0. The van der Waals surface area contributed by atoms with Crippen molar-refractivity contribution in [3.05, 3.63) is 35.6 Å². The minimum Gasteiger partial charge on any atom is -0.362 e. The summed E-state index contributed by atoms with van der Waals surface area (Å²) in [4.78, 5) is 0. The molecule has 1 N–H and O–H groups in total. The normalized spacial score (nSPS) is 10.4. The van der Waals surface area contributed by atoms with E-state index in [1.54, 1.807) is 0 Å². The van der Waals surface area contributed by atoms with E-state index in [-0.39, 0.29) is 5.56 Å². The summed E-state index contributed by atoms with van der Waals surface area (Å²) in [5, 5.41) is 18.7. The van der Waals surface area contributed by atoms with Gasteiger partial charge in [-0.05, 0) is 12.1 Å². The first-order valence-electron chi connectivity index (χ1n) is 2.79. The van der Waals surface area contributed by atoms with Gasteiger partial charge in [-0.15, -0.1) is 0 Å². The summed E-state index contributed by atoms with van der Waals surface area (Å²) < 4.78 is 12.3. The lowest BCUT2D eigenvalue weighted by atomic mass is 10.2. The van der Waals surface area contributed by atoms with Crippen LogP contribution in [0.5, 0.6) is 0 Å². The minimum atomic E-state index is -1.84. The summed E-state index contributed by atoms with van der Waals surface area (Å²) >= 11 is 0. The number of rotatable bonds is 1. The molecule has 0 spiro atoms. The molecular weight excluding hydrogens is 135 g/mol. The van der Waals surface area contributed by atoms with Gasteiger partial charge in [-0.1, -0.05) is 12.1 Å². The first-order valence-corrected chi connectivity index (χ1v) is 2.79. The van der Waals surface area contributed by atoms with Gasteiger partial charge in [-0.25, -0.2) is 4.39 Å². The average molecular weight is 141 g/mol. The predicted octanol–water partition coefficient (Wildman–Crippen LogP) is 1.25. The van der Waals surface area contributed by atoms with Crippen LogP contribution in [0, 0.1) is 5.82 Å². The molecule has 0 heterocycles.